The quantitative estimate of drug-likeness (QED) is 0.822. The van der Waals surface area contributed by atoms with Gasteiger partial charge in [-0.2, -0.15) is 0 Å². The summed E-state index contributed by atoms with van der Waals surface area (Å²) >= 11 is 1.72. The monoisotopic (exact) mass is 362 g/mol. The molecule has 1 aliphatic carbocycles. The smallest absolute Gasteiger partial charge is 0.262 e. The molecule has 1 unspecified atom stereocenters. The minimum atomic E-state index is 0.135. The molecular weight excluding hydrogens is 332 g/mol. The van der Waals surface area contributed by atoms with Crippen molar-refractivity contribution in [3.8, 4) is 0 Å². The minimum absolute atomic E-state index is 0.135. The van der Waals surface area contributed by atoms with Crippen molar-refractivity contribution in [1.29, 1.82) is 0 Å². The van der Waals surface area contributed by atoms with Crippen molar-refractivity contribution >= 4 is 21.6 Å². The number of fused-ring (bicyclic) bond motifs is 3. The molecule has 0 fully saturated rings. The molecule has 2 aromatic rings. The van der Waals surface area contributed by atoms with E-state index >= 15 is 0 Å². The highest BCUT2D eigenvalue weighted by Gasteiger charge is 2.24. The zero-order chi connectivity index (χ0) is 18.0. The second-order valence-corrected chi connectivity index (χ2v) is 8.89. The second-order valence-electron chi connectivity index (χ2n) is 7.81. The molecule has 0 radical (unpaired) electrons. The summed E-state index contributed by atoms with van der Waals surface area (Å²) in [5, 5.41) is 4.57. The number of hydrogen-bond donors (Lipinski definition) is 1. The van der Waals surface area contributed by atoms with E-state index in [-0.39, 0.29) is 5.56 Å². The van der Waals surface area contributed by atoms with Gasteiger partial charge in [-0.15, -0.1) is 11.3 Å². The normalized spacial score (nSPS) is 17.6. The van der Waals surface area contributed by atoms with E-state index in [1.165, 1.54) is 16.9 Å². The average molecular weight is 363 g/mol. The fourth-order valence-electron chi connectivity index (χ4n) is 3.42. The van der Waals surface area contributed by atoms with Gasteiger partial charge in [-0.25, -0.2) is 4.98 Å². The van der Waals surface area contributed by atoms with E-state index in [2.05, 4.69) is 29.0 Å². The van der Waals surface area contributed by atoms with E-state index in [4.69, 9.17) is 0 Å². The zero-order valence-corrected chi connectivity index (χ0v) is 16.7. The van der Waals surface area contributed by atoms with Crippen molar-refractivity contribution in [3.05, 3.63) is 27.1 Å². The fourth-order valence-corrected chi connectivity index (χ4v) is 4.68. The summed E-state index contributed by atoms with van der Waals surface area (Å²) in [7, 11) is 4.05. The zero-order valence-electron chi connectivity index (χ0n) is 15.8. The lowest BCUT2D eigenvalue weighted by atomic mass is 9.93. The van der Waals surface area contributed by atoms with Crippen LogP contribution in [0.25, 0.3) is 10.2 Å². The van der Waals surface area contributed by atoms with Gasteiger partial charge in [-0.05, 0) is 57.8 Å². The molecule has 0 aromatic carbocycles. The Morgan fingerprint density at radius 3 is 2.96 bits per heavy atom. The molecular formula is C19H30N4OS. The minimum Gasteiger partial charge on any atom is -0.314 e. The number of nitrogens with one attached hydrogen (secondary N) is 1. The number of rotatable bonds is 7. The van der Waals surface area contributed by atoms with Crippen LogP contribution in [0.3, 0.4) is 0 Å². The summed E-state index contributed by atoms with van der Waals surface area (Å²) in [4.78, 5) is 21.8. The van der Waals surface area contributed by atoms with E-state index in [1.54, 1.807) is 22.2 Å². The van der Waals surface area contributed by atoms with Gasteiger partial charge in [0, 0.05) is 24.0 Å². The van der Waals surface area contributed by atoms with Gasteiger partial charge in [0.1, 0.15) is 4.83 Å². The van der Waals surface area contributed by atoms with Crippen LogP contribution in [0.5, 0.6) is 0 Å². The van der Waals surface area contributed by atoms with Crippen LogP contribution in [0, 0.1) is 5.92 Å². The van der Waals surface area contributed by atoms with E-state index < -0.39 is 0 Å². The Morgan fingerprint density at radius 2 is 2.24 bits per heavy atom. The van der Waals surface area contributed by atoms with Gasteiger partial charge < -0.3 is 10.2 Å². The molecule has 1 aliphatic rings. The van der Waals surface area contributed by atoms with Crippen LogP contribution in [-0.2, 0) is 19.4 Å². The number of likely N-dealkylation sites (N-methyl/N-ethyl adjacent to an activating group) is 1. The van der Waals surface area contributed by atoms with Crippen molar-refractivity contribution < 1.29 is 0 Å². The molecule has 0 spiro atoms. The molecule has 6 heteroatoms. The predicted molar refractivity (Wildman–Crippen MR) is 106 cm³/mol. The second kappa shape index (κ2) is 7.98. The molecule has 0 saturated carbocycles. The first-order valence-corrected chi connectivity index (χ1v) is 10.1. The number of thiophene rings is 1. The SMILES string of the molecule is CC(C)CCNC1CCc2c(sc3ncn(CCN(C)C)c(=O)c23)C1. The van der Waals surface area contributed by atoms with Gasteiger partial charge in [-0.1, -0.05) is 13.8 Å². The number of aryl methyl sites for hydroxylation is 1. The van der Waals surface area contributed by atoms with Crippen LogP contribution in [-0.4, -0.2) is 47.7 Å². The standard InChI is InChI=1S/C19H30N4OS/c1-13(2)7-8-20-14-5-6-15-16(11-14)25-18-17(15)19(24)23(12-21-18)10-9-22(3)4/h12-14,20H,5-11H2,1-4H3. The van der Waals surface area contributed by atoms with Crippen molar-refractivity contribution in [2.45, 2.75) is 52.1 Å². The van der Waals surface area contributed by atoms with Crippen LogP contribution in [0.4, 0.5) is 0 Å². The molecule has 2 heterocycles. The topological polar surface area (TPSA) is 50.2 Å². The van der Waals surface area contributed by atoms with E-state index in [9.17, 15) is 4.79 Å². The first-order chi connectivity index (χ1) is 12.0. The Balaban J connectivity index is 1.78. The van der Waals surface area contributed by atoms with Crippen molar-refractivity contribution in [2.24, 2.45) is 5.92 Å². The summed E-state index contributed by atoms with van der Waals surface area (Å²) < 4.78 is 1.77. The van der Waals surface area contributed by atoms with Crippen molar-refractivity contribution in [1.82, 2.24) is 19.8 Å². The van der Waals surface area contributed by atoms with Crippen molar-refractivity contribution in [2.75, 3.05) is 27.2 Å². The van der Waals surface area contributed by atoms with Crippen LogP contribution in [0.15, 0.2) is 11.1 Å². The lowest BCUT2D eigenvalue weighted by Gasteiger charge is -2.23. The number of hydrogen-bond acceptors (Lipinski definition) is 5. The van der Waals surface area contributed by atoms with Gasteiger partial charge in [0.15, 0.2) is 0 Å². The molecule has 5 nitrogen and oxygen atoms in total. The number of aromatic nitrogens is 2. The molecule has 0 aliphatic heterocycles. The van der Waals surface area contributed by atoms with Gasteiger partial charge in [0.2, 0.25) is 0 Å². The number of nitrogens with zero attached hydrogens (tertiary/aromatic N) is 3. The van der Waals surface area contributed by atoms with E-state index in [0.29, 0.717) is 12.6 Å². The molecule has 0 bridgehead atoms. The molecule has 0 saturated heterocycles. The Kier molecular flexibility index (Phi) is 5.92. The van der Waals surface area contributed by atoms with E-state index in [0.717, 1.165) is 48.5 Å². The summed E-state index contributed by atoms with van der Waals surface area (Å²) in [6.45, 7) is 7.15. The Labute approximate surface area is 154 Å². The third kappa shape index (κ3) is 4.30. The van der Waals surface area contributed by atoms with Gasteiger partial charge in [-0.3, -0.25) is 9.36 Å². The molecule has 2 aromatic heterocycles. The molecule has 0 amide bonds. The highest BCUT2D eigenvalue weighted by Crippen LogP contribution is 2.33. The summed E-state index contributed by atoms with van der Waals surface area (Å²) in [5.41, 5.74) is 1.40. The van der Waals surface area contributed by atoms with Crippen LogP contribution >= 0.6 is 11.3 Å². The van der Waals surface area contributed by atoms with Crippen LogP contribution < -0.4 is 10.9 Å². The predicted octanol–water partition coefficient (Wildman–Crippen LogP) is 2.51. The molecule has 138 valence electrons. The lowest BCUT2D eigenvalue weighted by molar-refractivity contribution is 0.380. The highest BCUT2D eigenvalue weighted by molar-refractivity contribution is 7.18. The molecule has 1 N–H and O–H groups in total. The Hall–Kier alpha value is -1.24. The van der Waals surface area contributed by atoms with Gasteiger partial charge >= 0.3 is 0 Å². The molecule has 25 heavy (non-hydrogen) atoms. The lowest BCUT2D eigenvalue weighted by Crippen LogP contribution is -2.35. The fraction of sp³-hybridized carbons (Fsp3) is 0.684. The largest absolute Gasteiger partial charge is 0.314 e. The van der Waals surface area contributed by atoms with Gasteiger partial charge in [0.05, 0.1) is 11.7 Å². The van der Waals surface area contributed by atoms with E-state index in [1.807, 2.05) is 14.1 Å². The summed E-state index contributed by atoms with van der Waals surface area (Å²) in [6, 6.07) is 0.537. The summed E-state index contributed by atoms with van der Waals surface area (Å²) in [6.07, 6.45) is 6.07. The van der Waals surface area contributed by atoms with Crippen molar-refractivity contribution in [3.63, 3.8) is 0 Å². The third-order valence-electron chi connectivity index (χ3n) is 4.98. The first kappa shape index (κ1) is 18.5. The maximum absolute atomic E-state index is 12.9. The highest BCUT2D eigenvalue weighted by atomic mass is 32.1. The average Bonchev–Trinajstić information content (AvgIpc) is 2.92. The third-order valence-corrected chi connectivity index (χ3v) is 6.14. The maximum Gasteiger partial charge on any atom is 0.262 e. The van der Waals surface area contributed by atoms with Crippen LogP contribution in [0.2, 0.25) is 0 Å². The molecule has 3 rings (SSSR count). The summed E-state index contributed by atoms with van der Waals surface area (Å²) in [5.74, 6) is 0.737. The first-order valence-electron chi connectivity index (χ1n) is 9.33. The maximum atomic E-state index is 12.9. The molecule has 1 atom stereocenters. The Bertz CT molecular complexity index is 778. The van der Waals surface area contributed by atoms with Gasteiger partial charge in [0.25, 0.3) is 5.56 Å². The van der Waals surface area contributed by atoms with Crippen LogP contribution in [0.1, 0.15) is 37.1 Å². The Morgan fingerprint density at radius 1 is 1.44 bits per heavy atom.